The van der Waals surface area contributed by atoms with E-state index in [1.165, 1.54) is 11.8 Å². The summed E-state index contributed by atoms with van der Waals surface area (Å²) in [6.45, 7) is -0.368. The van der Waals surface area contributed by atoms with E-state index in [2.05, 4.69) is 20.9 Å². The van der Waals surface area contributed by atoms with Gasteiger partial charge in [0.15, 0.2) is 5.96 Å². The third-order valence-corrected chi connectivity index (χ3v) is 4.89. The van der Waals surface area contributed by atoms with Crippen molar-refractivity contribution in [3.63, 3.8) is 0 Å². The van der Waals surface area contributed by atoms with Crippen LogP contribution in [0, 0.1) is 0 Å². The number of amides is 3. The number of carboxylic acids is 2. The molecule has 0 spiro atoms. The van der Waals surface area contributed by atoms with Gasteiger partial charge in [0, 0.05) is 13.0 Å². The molecule has 0 bridgehead atoms. The van der Waals surface area contributed by atoms with Gasteiger partial charge in [-0.2, -0.15) is 11.8 Å². The highest BCUT2D eigenvalue weighted by Gasteiger charge is 2.28. The van der Waals surface area contributed by atoms with E-state index in [4.69, 9.17) is 27.4 Å². The van der Waals surface area contributed by atoms with Gasteiger partial charge in [-0.25, -0.2) is 0 Å². The fraction of sp³-hybridized carbons (Fsp3) is 0.667. The molecule has 188 valence electrons. The molecule has 0 saturated carbocycles. The van der Waals surface area contributed by atoms with Crippen LogP contribution < -0.4 is 33.2 Å². The fourth-order valence-corrected chi connectivity index (χ4v) is 3.00. The number of carbonyl (C=O) groups is 5. The molecular weight excluding hydrogens is 458 g/mol. The van der Waals surface area contributed by atoms with Crippen molar-refractivity contribution >= 4 is 47.4 Å². The molecule has 0 aliphatic heterocycles. The molecule has 3 unspecified atom stereocenters. The Hall–Kier alpha value is -3.07. The van der Waals surface area contributed by atoms with Gasteiger partial charge in [0.25, 0.3) is 0 Å². The molecule has 0 aromatic rings. The Morgan fingerprint density at radius 2 is 1.52 bits per heavy atom. The van der Waals surface area contributed by atoms with Crippen LogP contribution in [0.25, 0.3) is 0 Å². The van der Waals surface area contributed by atoms with E-state index >= 15 is 0 Å². The van der Waals surface area contributed by atoms with Crippen LogP contribution in [0.4, 0.5) is 0 Å². The van der Waals surface area contributed by atoms with Gasteiger partial charge in [-0.05, 0) is 37.7 Å². The Labute approximate surface area is 195 Å². The number of hydrogen-bond donors (Lipinski definition) is 8. The van der Waals surface area contributed by atoms with Crippen molar-refractivity contribution in [3.05, 3.63) is 0 Å². The lowest BCUT2D eigenvalue weighted by Crippen LogP contribution is -2.56. The summed E-state index contributed by atoms with van der Waals surface area (Å²) in [6.07, 6.45) is 1.95. The van der Waals surface area contributed by atoms with E-state index in [1.54, 1.807) is 6.26 Å². The summed E-state index contributed by atoms with van der Waals surface area (Å²) in [4.78, 5) is 62.9. The minimum absolute atomic E-state index is 0.0955. The summed E-state index contributed by atoms with van der Waals surface area (Å²) < 4.78 is 0. The molecule has 0 aromatic heterocycles. The highest BCUT2D eigenvalue weighted by atomic mass is 32.2. The molecule has 11 N–H and O–H groups in total. The second-order valence-corrected chi connectivity index (χ2v) is 7.99. The van der Waals surface area contributed by atoms with Gasteiger partial charge in [0.1, 0.15) is 18.6 Å². The lowest BCUT2D eigenvalue weighted by Gasteiger charge is -2.23. The number of rotatable bonds is 17. The Bertz CT molecular complexity index is 716. The zero-order chi connectivity index (χ0) is 25.4. The van der Waals surface area contributed by atoms with E-state index in [0.717, 1.165) is 0 Å². The van der Waals surface area contributed by atoms with Crippen molar-refractivity contribution in [3.8, 4) is 0 Å². The quantitative estimate of drug-likeness (QED) is 0.0584. The molecule has 0 radical (unpaired) electrons. The van der Waals surface area contributed by atoms with Crippen molar-refractivity contribution in [1.82, 2.24) is 16.0 Å². The highest BCUT2D eigenvalue weighted by Crippen LogP contribution is 2.05. The summed E-state index contributed by atoms with van der Waals surface area (Å²) in [7, 11) is 0. The van der Waals surface area contributed by atoms with Crippen LogP contribution in [-0.2, 0) is 24.0 Å². The monoisotopic (exact) mass is 491 g/mol. The minimum Gasteiger partial charge on any atom is -0.481 e. The molecule has 0 rings (SSSR count). The van der Waals surface area contributed by atoms with E-state index < -0.39 is 60.8 Å². The van der Waals surface area contributed by atoms with Crippen LogP contribution in [0.15, 0.2) is 4.99 Å². The average molecular weight is 492 g/mol. The number of aliphatic imine (C=N–C) groups is 1. The minimum atomic E-state index is -1.26. The summed E-state index contributed by atoms with van der Waals surface area (Å²) in [5.41, 5.74) is 16.3. The maximum atomic E-state index is 12.8. The molecule has 15 heteroatoms. The molecule has 0 aliphatic carbocycles. The Morgan fingerprint density at radius 3 is 2.06 bits per heavy atom. The molecule has 0 aliphatic rings. The third-order valence-electron chi connectivity index (χ3n) is 4.24. The molecular formula is C18H33N7O7S. The van der Waals surface area contributed by atoms with Gasteiger partial charge in [0.2, 0.25) is 17.7 Å². The van der Waals surface area contributed by atoms with Crippen molar-refractivity contribution in [2.24, 2.45) is 22.2 Å². The van der Waals surface area contributed by atoms with Crippen molar-refractivity contribution in [2.75, 3.05) is 25.1 Å². The number of guanidine groups is 1. The summed E-state index contributed by atoms with van der Waals surface area (Å²) in [6, 6.07) is -3.33. The third kappa shape index (κ3) is 14.6. The van der Waals surface area contributed by atoms with E-state index in [1.807, 2.05) is 0 Å². The summed E-state index contributed by atoms with van der Waals surface area (Å²) >= 11 is 1.41. The van der Waals surface area contributed by atoms with Crippen LogP contribution >= 0.6 is 11.8 Å². The second-order valence-electron chi connectivity index (χ2n) is 7.00. The number of carbonyl (C=O) groups excluding carboxylic acids is 3. The first kappa shape index (κ1) is 29.9. The van der Waals surface area contributed by atoms with E-state index in [0.29, 0.717) is 12.2 Å². The fourth-order valence-electron chi connectivity index (χ4n) is 2.53. The molecule has 14 nitrogen and oxygen atoms in total. The summed E-state index contributed by atoms with van der Waals surface area (Å²) in [5.74, 6) is -4.21. The molecule has 3 amide bonds. The van der Waals surface area contributed by atoms with Gasteiger partial charge < -0.3 is 43.4 Å². The van der Waals surface area contributed by atoms with E-state index in [9.17, 15) is 24.0 Å². The Kier molecular flexibility index (Phi) is 15.0. The number of nitrogens with one attached hydrogen (secondary N) is 3. The summed E-state index contributed by atoms with van der Waals surface area (Å²) in [5, 5.41) is 24.7. The highest BCUT2D eigenvalue weighted by molar-refractivity contribution is 7.98. The smallest absolute Gasteiger partial charge is 0.322 e. The standard InChI is InChI=1S/C18H33N7O7S/c1-33-8-6-12(16(31)23-9-14(28)29)25-17(32)11(4-5-13(26)27)24-15(30)10(19)3-2-7-22-18(20)21/h10-12H,2-9,19H2,1H3,(H,23,31)(H,24,30)(H,25,32)(H,26,27)(H,28,29)(H4,20,21,22). The first-order valence-corrected chi connectivity index (χ1v) is 11.5. The topological polar surface area (TPSA) is 252 Å². The van der Waals surface area contributed by atoms with Crippen LogP contribution in [0.3, 0.4) is 0 Å². The number of carboxylic acid groups (broad SMARTS) is 2. The van der Waals surface area contributed by atoms with Gasteiger partial charge in [-0.15, -0.1) is 0 Å². The van der Waals surface area contributed by atoms with Crippen LogP contribution in [-0.4, -0.2) is 89.1 Å². The zero-order valence-electron chi connectivity index (χ0n) is 18.4. The van der Waals surface area contributed by atoms with Crippen LogP contribution in [0.1, 0.15) is 32.1 Å². The van der Waals surface area contributed by atoms with Crippen LogP contribution in [0.5, 0.6) is 0 Å². The molecule has 3 atom stereocenters. The molecule has 0 heterocycles. The lowest BCUT2D eigenvalue weighted by molar-refractivity contribution is -0.138. The second kappa shape index (κ2) is 16.5. The average Bonchev–Trinajstić information content (AvgIpc) is 2.74. The van der Waals surface area contributed by atoms with Crippen molar-refractivity contribution in [2.45, 2.75) is 50.2 Å². The Morgan fingerprint density at radius 1 is 0.909 bits per heavy atom. The molecule has 0 saturated heterocycles. The van der Waals surface area contributed by atoms with Gasteiger partial charge >= 0.3 is 11.9 Å². The first-order chi connectivity index (χ1) is 15.5. The van der Waals surface area contributed by atoms with Gasteiger partial charge in [-0.1, -0.05) is 0 Å². The number of nitrogens with zero attached hydrogens (tertiary/aromatic N) is 1. The first-order valence-electron chi connectivity index (χ1n) is 10.1. The maximum Gasteiger partial charge on any atom is 0.322 e. The predicted molar refractivity (Wildman–Crippen MR) is 122 cm³/mol. The number of nitrogens with two attached hydrogens (primary N) is 3. The zero-order valence-corrected chi connectivity index (χ0v) is 19.2. The molecule has 33 heavy (non-hydrogen) atoms. The van der Waals surface area contributed by atoms with Gasteiger partial charge in [-0.3, -0.25) is 29.0 Å². The number of hydrogen-bond acceptors (Lipinski definition) is 8. The SMILES string of the molecule is CSCCC(NC(=O)C(CCC(=O)O)NC(=O)C(N)CCCN=C(N)N)C(=O)NCC(=O)O. The van der Waals surface area contributed by atoms with Gasteiger partial charge in [0.05, 0.1) is 6.04 Å². The number of aliphatic carboxylic acids is 2. The Balaban J connectivity index is 5.18. The largest absolute Gasteiger partial charge is 0.481 e. The predicted octanol–water partition coefficient (Wildman–Crippen LogP) is -2.84. The number of thioether (sulfide) groups is 1. The van der Waals surface area contributed by atoms with Crippen molar-refractivity contribution < 1.29 is 34.2 Å². The molecule has 0 fully saturated rings. The van der Waals surface area contributed by atoms with Crippen molar-refractivity contribution in [1.29, 1.82) is 0 Å². The lowest BCUT2D eigenvalue weighted by atomic mass is 10.1. The molecule has 0 aromatic carbocycles. The normalized spacial score (nSPS) is 13.2. The van der Waals surface area contributed by atoms with Crippen LogP contribution in [0.2, 0.25) is 0 Å². The van der Waals surface area contributed by atoms with E-state index in [-0.39, 0.29) is 31.8 Å². The maximum absolute atomic E-state index is 12.8.